The molecule has 0 aromatic carbocycles. The predicted molar refractivity (Wildman–Crippen MR) is 67.9 cm³/mol. The Kier molecular flexibility index (Phi) is 3.84. The van der Waals surface area contributed by atoms with Gasteiger partial charge in [0.1, 0.15) is 5.76 Å². The second kappa shape index (κ2) is 5.19. The fourth-order valence-corrected chi connectivity index (χ4v) is 2.42. The van der Waals surface area contributed by atoms with Crippen LogP contribution in [0, 0.1) is 13.8 Å². The Hall–Kier alpha value is -0.870. The zero-order chi connectivity index (χ0) is 12.4. The first-order valence-electron chi connectivity index (χ1n) is 6.47. The standard InChI is InChI=1S/C13H23N3O/c1-9(2)16-6-5-12(8-16)14-7-13-10(3)15-17-11(13)4/h9,12,14H,5-8H2,1-4H3. The van der Waals surface area contributed by atoms with E-state index < -0.39 is 0 Å². The van der Waals surface area contributed by atoms with Gasteiger partial charge in [-0.2, -0.15) is 0 Å². The third-order valence-electron chi connectivity index (χ3n) is 3.70. The highest BCUT2D eigenvalue weighted by molar-refractivity contribution is 5.20. The van der Waals surface area contributed by atoms with Crippen molar-refractivity contribution < 1.29 is 4.52 Å². The van der Waals surface area contributed by atoms with Gasteiger partial charge in [-0.1, -0.05) is 5.16 Å². The summed E-state index contributed by atoms with van der Waals surface area (Å²) in [6.07, 6.45) is 1.24. The van der Waals surface area contributed by atoms with Crippen LogP contribution >= 0.6 is 0 Å². The Labute approximate surface area is 103 Å². The van der Waals surface area contributed by atoms with Crippen LogP contribution in [0.25, 0.3) is 0 Å². The number of aromatic nitrogens is 1. The minimum absolute atomic E-state index is 0.603. The normalized spacial score (nSPS) is 21.6. The summed E-state index contributed by atoms with van der Waals surface area (Å²) in [5, 5.41) is 7.59. The van der Waals surface area contributed by atoms with Crippen LogP contribution in [0.5, 0.6) is 0 Å². The number of hydrogen-bond donors (Lipinski definition) is 1. The Morgan fingerprint density at radius 1 is 1.47 bits per heavy atom. The van der Waals surface area contributed by atoms with E-state index in [1.54, 1.807) is 0 Å². The lowest BCUT2D eigenvalue weighted by atomic mass is 10.2. The van der Waals surface area contributed by atoms with Gasteiger partial charge in [0.25, 0.3) is 0 Å². The number of aryl methyl sites for hydroxylation is 2. The van der Waals surface area contributed by atoms with E-state index in [0.717, 1.165) is 24.5 Å². The lowest BCUT2D eigenvalue weighted by Gasteiger charge is -2.20. The molecular formula is C13H23N3O. The van der Waals surface area contributed by atoms with Crippen LogP contribution in [0.15, 0.2) is 4.52 Å². The van der Waals surface area contributed by atoms with Crippen molar-refractivity contribution in [2.24, 2.45) is 0 Å². The van der Waals surface area contributed by atoms with Gasteiger partial charge in [-0.05, 0) is 40.7 Å². The fraction of sp³-hybridized carbons (Fsp3) is 0.769. The highest BCUT2D eigenvalue weighted by Gasteiger charge is 2.24. The molecule has 1 saturated heterocycles. The zero-order valence-corrected chi connectivity index (χ0v) is 11.3. The Morgan fingerprint density at radius 2 is 2.24 bits per heavy atom. The molecule has 1 unspecified atom stereocenters. The number of hydrogen-bond acceptors (Lipinski definition) is 4. The SMILES string of the molecule is Cc1noc(C)c1CNC1CCN(C(C)C)C1. The van der Waals surface area contributed by atoms with Gasteiger partial charge < -0.3 is 9.84 Å². The predicted octanol–water partition coefficient (Wildman–Crippen LogP) is 1.86. The minimum atomic E-state index is 0.603. The van der Waals surface area contributed by atoms with Crippen LogP contribution in [0.1, 0.15) is 37.3 Å². The topological polar surface area (TPSA) is 41.3 Å². The molecule has 1 aromatic heterocycles. The first-order chi connectivity index (χ1) is 8.08. The summed E-state index contributed by atoms with van der Waals surface area (Å²) in [4.78, 5) is 2.52. The van der Waals surface area contributed by atoms with Crippen molar-refractivity contribution in [2.45, 2.75) is 52.7 Å². The van der Waals surface area contributed by atoms with Gasteiger partial charge in [0.05, 0.1) is 5.69 Å². The molecule has 1 aliphatic rings. The number of nitrogens with zero attached hydrogens (tertiary/aromatic N) is 2. The van der Waals surface area contributed by atoms with E-state index in [9.17, 15) is 0 Å². The van der Waals surface area contributed by atoms with Gasteiger partial charge in [-0.25, -0.2) is 0 Å². The summed E-state index contributed by atoms with van der Waals surface area (Å²) in [6, 6.07) is 1.26. The first-order valence-corrected chi connectivity index (χ1v) is 6.47. The molecule has 0 bridgehead atoms. The summed E-state index contributed by atoms with van der Waals surface area (Å²) in [6.45, 7) is 11.7. The van der Waals surface area contributed by atoms with E-state index in [4.69, 9.17) is 4.52 Å². The summed E-state index contributed by atoms with van der Waals surface area (Å²) in [5.41, 5.74) is 2.22. The highest BCUT2D eigenvalue weighted by Crippen LogP contribution is 2.15. The minimum Gasteiger partial charge on any atom is -0.361 e. The lowest BCUT2D eigenvalue weighted by molar-refractivity contribution is 0.268. The summed E-state index contributed by atoms with van der Waals surface area (Å²) < 4.78 is 5.17. The van der Waals surface area contributed by atoms with Gasteiger partial charge in [0, 0.05) is 30.7 Å². The number of rotatable bonds is 4. The maximum atomic E-state index is 5.17. The molecule has 2 heterocycles. The average Bonchev–Trinajstić information content (AvgIpc) is 2.85. The summed E-state index contributed by atoms with van der Waals surface area (Å²) >= 11 is 0. The van der Waals surface area contributed by atoms with Gasteiger partial charge in [-0.3, -0.25) is 4.90 Å². The van der Waals surface area contributed by atoms with E-state index >= 15 is 0 Å². The molecular weight excluding hydrogens is 214 g/mol. The molecule has 4 nitrogen and oxygen atoms in total. The second-order valence-corrected chi connectivity index (χ2v) is 5.26. The molecule has 17 heavy (non-hydrogen) atoms. The molecule has 0 aliphatic carbocycles. The van der Waals surface area contributed by atoms with Crippen LogP contribution in [-0.2, 0) is 6.54 Å². The molecule has 0 saturated carbocycles. The molecule has 1 fully saturated rings. The first kappa shape index (κ1) is 12.6. The van der Waals surface area contributed by atoms with Crippen molar-refractivity contribution in [1.82, 2.24) is 15.4 Å². The van der Waals surface area contributed by atoms with E-state index in [-0.39, 0.29) is 0 Å². The molecule has 1 atom stereocenters. The maximum Gasteiger partial charge on any atom is 0.138 e. The van der Waals surface area contributed by atoms with Gasteiger partial charge >= 0.3 is 0 Å². The van der Waals surface area contributed by atoms with Crippen molar-refractivity contribution in [3.05, 3.63) is 17.0 Å². The average molecular weight is 237 g/mol. The zero-order valence-electron chi connectivity index (χ0n) is 11.3. The van der Waals surface area contributed by atoms with Crippen molar-refractivity contribution in [3.8, 4) is 0 Å². The highest BCUT2D eigenvalue weighted by atomic mass is 16.5. The van der Waals surface area contributed by atoms with Crippen LogP contribution in [0.4, 0.5) is 0 Å². The molecule has 96 valence electrons. The number of likely N-dealkylation sites (tertiary alicyclic amines) is 1. The largest absolute Gasteiger partial charge is 0.361 e. The molecule has 1 aliphatic heterocycles. The molecule has 1 aromatic rings. The Morgan fingerprint density at radius 3 is 2.76 bits per heavy atom. The Balaban J connectivity index is 1.84. The molecule has 0 radical (unpaired) electrons. The second-order valence-electron chi connectivity index (χ2n) is 5.26. The molecule has 0 amide bonds. The van der Waals surface area contributed by atoms with Crippen LogP contribution in [0.2, 0.25) is 0 Å². The number of nitrogens with one attached hydrogen (secondary N) is 1. The fourth-order valence-electron chi connectivity index (χ4n) is 2.42. The summed E-state index contributed by atoms with van der Waals surface area (Å²) in [5.74, 6) is 0.939. The van der Waals surface area contributed by atoms with E-state index in [2.05, 4.69) is 29.2 Å². The van der Waals surface area contributed by atoms with E-state index in [0.29, 0.717) is 12.1 Å². The van der Waals surface area contributed by atoms with Crippen molar-refractivity contribution in [2.75, 3.05) is 13.1 Å². The Bertz CT molecular complexity index is 353. The van der Waals surface area contributed by atoms with Crippen molar-refractivity contribution in [3.63, 3.8) is 0 Å². The third-order valence-corrected chi connectivity index (χ3v) is 3.70. The monoisotopic (exact) mass is 237 g/mol. The van der Waals surface area contributed by atoms with E-state index in [1.807, 2.05) is 13.8 Å². The summed E-state index contributed by atoms with van der Waals surface area (Å²) in [7, 11) is 0. The van der Waals surface area contributed by atoms with Gasteiger partial charge in [0.15, 0.2) is 0 Å². The maximum absolute atomic E-state index is 5.17. The molecule has 0 spiro atoms. The molecule has 1 N–H and O–H groups in total. The van der Waals surface area contributed by atoms with Crippen molar-refractivity contribution >= 4 is 0 Å². The van der Waals surface area contributed by atoms with Gasteiger partial charge in [0.2, 0.25) is 0 Å². The van der Waals surface area contributed by atoms with Gasteiger partial charge in [-0.15, -0.1) is 0 Å². The third kappa shape index (κ3) is 2.87. The smallest absolute Gasteiger partial charge is 0.138 e. The van der Waals surface area contributed by atoms with E-state index in [1.165, 1.54) is 18.5 Å². The van der Waals surface area contributed by atoms with Crippen molar-refractivity contribution in [1.29, 1.82) is 0 Å². The quantitative estimate of drug-likeness (QED) is 0.868. The molecule has 2 rings (SSSR count). The van der Waals surface area contributed by atoms with Crippen LogP contribution < -0.4 is 5.32 Å². The lowest BCUT2D eigenvalue weighted by Crippen LogP contribution is -2.34. The molecule has 4 heteroatoms. The van der Waals surface area contributed by atoms with Crippen LogP contribution in [0.3, 0.4) is 0 Å². The van der Waals surface area contributed by atoms with Crippen LogP contribution in [-0.4, -0.2) is 35.2 Å².